The molecular formula is C13H18N2O5. The van der Waals surface area contributed by atoms with Crippen LogP contribution in [0.15, 0.2) is 5.16 Å². The van der Waals surface area contributed by atoms with Crippen molar-refractivity contribution in [1.82, 2.24) is 4.90 Å². The van der Waals surface area contributed by atoms with E-state index in [0.717, 1.165) is 0 Å². The van der Waals surface area contributed by atoms with Crippen LogP contribution < -0.4 is 0 Å². The molecule has 3 rings (SSSR count). The average Bonchev–Trinajstić information content (AvgIpc) is 2.46. The van der Waals surface area contributed by atoms with Gasteiger partial charge in [0, 0.05) is 12.3 Å². The summed E-state index contributed by atoms with van der Waals surface area (Å²) in [6, 6.07) is 0. The summed E-state index contributed by atoms with van der Waals surface area (Å²) < 4.78 is 0. The zero-order chi connectivity index (χ0) is 15.0. The molecule has 7 nitrogen and oxygen atoms in total. The Morgan fingerprint density at radius 3 is 2.10 bits per heavy atom. The molecule has 0 radical (unpaired) electrons. The molecule has 0 saturated carbocycles. The second-order valence-corrected chi connectivity index (χ2v) is 4.74. The van der Waals surface area contributed by atoms with E-state index in [1.54, 1.807) is 6.92 Å². The van der Waals surface area contributed by atoms with Crippen LogP contribution in [0.3, 0.4) is 0 Å². The third-order valence-electron chi connectivity index (χ3n) is 3.49. The van der Waals surface area contributed by atoms with Gasteiger partial charge < -0.3 is 20.0 Å². The average molecular weight is 282 g/mol. The van der Waals surface area contributed by atoms with Crippen LogP contribution in [0.4, 0.5) is 0 Å². The van der Waals surface area contributed by atoms with Crippen molar-refractivity contribution in [2.24, 2.45) is 10.6 Å². The molecule has 0 aromatic rings. The number of aliphatic carboxylic acids is 2. The van der Waals surface area contributed by atoms with E-state index in [9.17, 15) is 0 Å². The van der Waals surface area contributed by atoms with E-state index in [4.69, 9.17) is 24.6 Å². The summed E-state index contributed by atoms with van der Waals surface area (Å²) in [6.07, 6.45) is 8.13. The lowest BCUT2D eigenvalue weighted by Crippen LogP contribution is -2.48. The Labute approximate surface area is 117 Å². The van der Waals surface area contributed by atoms with Crippen molar-refractivity contribution < 1.29 is 24.6 Å². The van der Waals surface area contributed by atoms with E-state index in [-0.39, 0.29) is 0 Å². The number of carboxylic acid groups (broad SMARTS) is 2. The van der Waals surface area contributed by atoms with Crippen molar-refractivity contribution in [2.45, 2.75) is 26.2 Å². The fourth-order valence-electron chi connectivity index (χ4n) is 2.26. The zero-order valence-corrected chi connectivity index (χ0v) is 11.3. The van der Waals surface area contributed by atoms with Gasteiger partial charge in [0.15, 0.2) is 0 Å². The quantitative estimate of drug-likeness (QED) is 0.333. The third kappa shape index (κ3) is 4.90. The lowest BCUT2D eigenvalue weighted by atomic mass is 9.73. The molecule has 0 aliphatic carbocycles. The molecule has 0 amide bonds. The summed E-state index contributed by atoms with van der Waals surface area (Å²) in [5.41, 5.74) is 0.310. The maximum absolute atomic E-state index is 9.10. The summed E-state index contributed by atoms with van der Waals surface area (Å²) in [4.78, 5) is 25.5. The number of carboxylic acids is 2. The number of carbonyl (C=O) groups is 2. The molecule has 0 aromatic carbocycles. The Hall–Kier alpha value is -2.07. The standard InChI is InChI=1S/C11H16N2O.C2H2O4/c1-2-9-14-12-10-11-3-6-13(7-4-11)8-5-11;3-1(4)2(5)6/h10H,3-8H2,1H3;(H,3,4)(H,5,6). The van der Waals surface area contributed by atoms with Gasteiger partial charge in [-0.25, -0.2) is 9.59 Å². The van der Waals surface area contributed by atoms with Crippen LogP contribution in [-0.2, 0) is 14.4 Å². The Morgan fingerprint density at radius 2 is 1.70 bits per heavy atom. The number of nitrogens with zero attached hydrogens (tertiary/aromatic N) is 2. The first-order valence-corrected chi connectivity index (χ1v) is 6.30. The van der Waals surface area contributed by atoms with Crippen LogP contribution in [0.1, 0.15) is 26.2 Å². The summed E-state index contributed by atoms with van der Waals surface area (Å²) in [5, 5.41) is 18.7. The van der Waals surface area contributed by atoms with Crippen LogP contribution in [0.2, 0.25) is 0 Å². The minimum absolute atomic E-state index is 0.310. The van der Waals surface area contributed by atoms with E-state index in [0.29, 0.717) is 5.41 Å². The summed E-state index contributed by atoms with van der Waals surface area (Å²) in [5.74, 6) is -0.997. The molecule has 20 heavy (non-hydrogen) atoms. The molecule has 3 heterocycles. The SMILES string of the molecule is CC#CON=CC12CCN(CC1)CC2.O=C(O)C(=O)O. The second kappa shape index (κ2) is 7.50. The highest BCUT2D eigenvalue weighted by molar-refractivity contribution is 6.27. The van der Waals surface area contributed by atoms with E-state index < -0.39 is 11.9 Å². The van der Waals surface area contributed by atoms with E-state index in [1.165, 1.54) is 38.9 Å². The molecule has 3 aliphatic rings. The molecule has 0 unspecified atom stereocenters. The molecule has 0 atom stereocenters. The molecule has 3 saturated heterocycles. The highest BCUT2D eigenvalue weighted by Crippen LogP contribution is 2.38. The molecule has 7 heteroatoms. The Balaban J connectivity index is 0.000000286. The predicted molar refractivity (Wildman–Crippen MR) is 71.0 cm³/mol. The Morgan fingerprint density at radius 1 is 1.20 bits per heavy atom. The number of fused-ring (bicyclic) bond motifs is 3. The van der Waals surface area contributed by atoms with Gasteiger partial charge in [0.2, 0.25) is 0 Å². The topological polar surface area (TPSA) is 99.4 Å². The summed E-state index contributed by atoms with van der Waals surface area (Å²) in [7, 11) is 0. The lowest BCUT2D eigenvalue weighted by molar-refractivity contribution is -0.159. The second-order valence-electron chi connectivity index (χ2n) is 4.74. The van der Waals surface area contributed by atoms with E-state index >= 15 is 0 Å². The smallest absolute Gasteiger partial charge is 0.414 e. The largest absolute Gasteiger partial charge is 0.473 e. The minimum Gasteiger partial charge on any atom is -0.473 e. The highest BCUT2D eigenvalue weighted by atomic mass is 16.6. The van der Waals surface area contributed by atoms with Gasteiger partial charge in [-0.2, -0.15) is 0 Å². The molecule has 2 bridgehead atoms. The van der Waals surface area contributed by atoms with Crippen LogP contribution in [-0.4, -0.2) is 52.9 Å². The summed E-state index contributed by atoms with van der Waals surface area (Å²) >= 11 is 0. The summed E-state index contributed by atoms with van der Waals surface area (Å²) in [6.45, 7) is 5.38. The van der Waals surface area contributed by atoms with Gasteiger partial charge in [0.1, 0.15) is 6.11 Å². The third-order valence-corrected chi connectivity index (χ3v) is 3.49. The van der Waals surface area contributed by atoms with Crippen molar-refractivity contribution >= 4 is 18.2 Å². The molecule has 2 N–H and O–H groups in total. The fraction of sp³-hybridized carbons (Fsp3) is 0.615. The number of hydrogen-bond acceptors (Lipinski definition) is 5. The molecule has 3 aliphatic heterocycles. The van der Waals surface area contributed by atoms with Gasteiger partial charge in [0.25, 0.3) is 0 Å². The van der Waals surface area contributed by atoms with Crippen molar-refractivity contribution in [3.05, 3.63) is 0 Å². The number of hydrogen-bond donors (Lipinski definition) is 2. The number of rotatable bonds is 2. The van der Waals surface area contributed by atoms with Crippen LogP contribution in [0.5, 0.6) is 0 Å². The zero-order valence-electron chi connectivity index (χ0n) is 11.3. The predicted octanol–water partition coefficient (Wildman–Crippen LogP) is 0.611. The Bertz CT molecular complexity index is 416. The monoisotopic (exact) mass is 282 g/mol. The Kier molecular flexibility index (Phi) is 6.00. The number of piperidine rings is 3. The fourth-order valence-corrected chi connectivity index (χ4v) is 2.26. The maximum atomic E-state index is 9.10. The van der Waals surface area contributed by atoms with Gasteiger partial charge in [-0.05, 0) is 38.9 Å². The van der Waals surface area contributed by atoms with Gasteiger partial charge in [-0.1, -0.05) is 11.1 Å². The minimum atomic E-state index is -1.82. The van der Waals surface area contributed by atoms with Crippen LogP contribution >= 0.6 is 0 Å². The first-order chi connectivity index (χ1) is 9.49. The molecule has 0 spiro atoms. The van der Waals surface area contributed by atoms with E-state index in [1.807, 2.05) is 6.21 Å². The first kappa shape index (κ1) is 16.0. The molecular weight excluding hydrogens is 264 g/mol. The number of oxime groups is 1. The molecule has 110 valence electrons. The van der Waals surface area contributed by atoms with Crippen molar-refractivity contribution in [3.8, 4) is 12.0 Å². The van der Waals surface area contributed by atoms with Gasteiger partial charge >= 0.3 is 11.9 Å². The molecule has 3 fully saturated rings. The van der Waals surface area contributed by atoms with Crippen molar-refractivity contribution in [2.75, 3.05) is 19.6 Å². The van der Waals surface area contributed by atoms with Gasteiger partial charge in [-0.15, -0.1) is 0 Å². The van der Waals surface area contributed by atoms with Crippen molar-refractivity contribution in [1.29, 1.82) is 0 Å². The van der Waals surface area contributed by atoms with Gasteiger partial charge in [-0.3, -0.25) is 0 Å². The van der Waals surface area contributed by atoms with Gasteiger partial charge in [0.05, 0.1) is 6.21 Å². The lowest BCUT2D eigenvalue weighted by Gasteiger charge is -2.45. The van der Waals surface area contributed by atoms with Crippen LogP contribution in [0, 0.1) is 17.4 Å². The first-order valence-electron chi connectivity index (χ1n) is 6.30. The molecule has 0 aromatic heterocycles. The van der Waals surface area contributed by atoms with Crippen LogP contribution in [0.25, 0.3) is 0 Å². The van der Waals surface area contributed by atoms with E-state index in [2.05, 4.69) is 22.1 Å². The van der Waals surface area contributed by atoms with Crippen molar-refractivity contribution in [3.63, 3.8) is 0 Å². The highest BCUT2D eigenvalue weighted by Gasteiger charge is 2.38. The normalized spacial score (nSPS) is 26.9. The maximum Gasteiger partial charge on any atom is 0.414 e.